The molecule has 3 rings (SSSR count). The summed E-state index contributed by atoms with van der Waals surface area (Å²) < 4.78 is 5.66. The quantitative estimate of drug-likeness (QED) is 0.696. The van der Waals surface area contributed by atoms with E-state index in [2.05, 4.69) is 5.32 Å². The van der Waals surface area contributed by atoms with Gasteiger partial charge in [0.1, 0.15) is 11.8 Å². The van der Waals surface area contributed by atoms with Gasteiger partial charge in [0, 0.05) is 22.9 Å². The molecule has 1 heterocycles. The molecule has 28 heavy (non-hydrogen) atoms. The second-order valence-corrected chi connectivity index (χ2v) is 8.04. The molecule has 2 aromatic carbocycles. The molecule has 1 aliphatic rings. The zero-order chi connectivity index (χ0) is 19.9. The van der Waals surface area contributed by atoms with Crippen LogP contribution in [0.15, 0.2) is 48.5 Å². The predicted octanol–water partition coefficient (Wildman–Crippen LogP) is 3.75. The van der Waals surface area contributed by atoms with E-state index in [0.29, 0.717) is 41.8 Å². The van der Waals surface area contributed by atoms with Gasteiger partial charge in [0.25, 0.3) is 5.91 Å². The van der Waals surface area contributed by atoms with Crippen molar-refractivity contribution in [2.24, 2.45) is 0 Å². The largest absolute Gasteiger partial charge is 0.494 e. The van der Waals surface area contributed by atoms with Crippen LogP contribution in [0.2, 0.25) is 5.02 Å². The number of halogens is 1. The van der Waals surface area contributed by atoms with Crippen molar-refractivity contribution in [1.29, 1.82) is 0 Å². The van der Waals surface area contributed by atoms with Crippen molar-refractivity contribution < 1.29 is 14.3 Å². The van der Waals surface area contributed by atoms with Gasteiger partial charge in [0.15, 0.2) is 0 Å². The van der Waals surface area contributed by atoms with Gasteiger partial charge in [0.05, 0.1) is 12.5 Å². The van der Waals surface area contributed by atoms with E-state index in [9.17, 15) is 9.59 Å². The lowest BCUT2D eigenvalue weighted by atomic mass is 10.1. The summed E-state index contributed by atoms with van der Waals surface area (Å²) in [6.07, 6.45) is 0.699. The topological polar surface area (TPSA) is 58.6 Å². The van der Waals surface area contributed by atoms with Crippen LogP contribution >= 0.6 is 23.4 Å². The highest BCUT2D eigenvalue weighted by Crippen LogP contribution is 2.24. The monoisotopic (exact) mass is 418 g/mol. The molecule has 5 nitrogen and oxygen atoms in total. The van der Waals surface area contributed by atoms with Crippen molar-refractivity contribution in [3.05, 3.63) is 64.7 Å². The van der Waals surface area contributed by atoms with Crippen molar-refractivity contribution in [2.45, 2.75) is 19.4 Å². The van der Waals surface area contributed by atoms with Crippen LogP contribution in [0, 0.1) is 6.92 Å². The number of nitrogens with one attached hydrogen (secondary N) is 1. The lowest BCUT2D eigenvalue weighted by molar-refractivity contribution is -0.124. The van der Waals surface area contributed by atoms with Crippen LogP contribution in [-0.4, -0.2) is 47.5 Å². The molecule has 0 bridgehead atoms. The maximum absolute atomic E-state index is 12.7. The number of hydrogen-bond donors (Lipinski definition) is 1. The Kier molecular flexibility index (Phi) is 7.23. The first-order chi connectivity index (χ1) is 13.5. The zero-order valence-electron chi connectivity index (χ0n) is 15.7. The molecule has 0 radical (unpaired) electrons. The number of nitrogens with zero attached hydrogens (tertiary/aromatic N) is 1. The molecule has 1 fully saturated rings. The predicted molar refractivity (Wildman–Crippen MR) is 113 cm³/mol. The average molecular weight is 419 g/mol. The first kappa shape index (κ1) is 20.6. The summed E-state index contributed by atoms with van der Waals surface area (Å²) in [5.41, 5.74) is 1.72. The second-order valence-electron chi connectivity index (χ2n) is 6.60. The molecule has 2 amide bonds. The molecule has 1 saturated heterocycles. The molecule has 1 unspecified atom stereocenters. The van der Waals surface area contributed by atoms with E-state index in [1.165, 1.54) is 5.56 Å². The van der Waals surface area contributed by atoms with Gasteiger partial charge < -0.3 is 15.0 Å². The Morgan fingerprint density at radius 3 is 2.61 bits per heavy atom. The minimum Gasteiger partial charge on any atom is -0.494 e. The molecule has 1 N–H and O–H groups in total. The lowest BCUT2D eigenvalue weighted by Gasteiger charge is -2.23. The molecule has 148 valence electrons. The van der Waals surface area contributed by atoms with Gasteiger partial charge in [-0.2, -0.15) is 0 Å². The Balaban J connectivity index is 1.44. The third-order valence-corrected chi connectivity index (χ3v) is 5.71. The van der Waals surface area contributed by atoms with Crippen LogP contribution in [0.25, 0.3) is 0 Å². The summed E-state index contributed by atoms with van der Waals surface area (Å²) in [6, 6.07) is 14.2. The Hall–Kier alpha value is -2.18. The third-order valence-electron chi connectivity index (χ3n) is 4.45. The standard InChI is InChI=1S/C21H23ClN2O3S/c1-15-3-9-18(10-4-15)27-12-2-11-23-20(25)19-13-28-14-24(19)21(26)16-5-7-17(22)8-6-16/h3-10,19H,2,11-14H2,1H3,(H,23,25). The van der Waals surface area contributed by atoms with Crippen molar-refractivity contribution >= 4 is 35.2 Å². The van der Waals surface area contributed by atoms with Gasteiger partial charge in [0.2, 0.25) is 5.91 Å². The van der Waals surface area contributed by atoms with Gasteiger partial charge >= 0.3 is 0 Å². The molecule has 2 aromatic rings. The molecule has 0 aromatic heterocycles. The molecule has 1 aliphatic heterocycles. The van der Waals surface area contributed by atoms with Crippen LogP contribution in [-0.2, 0) is 4.79 Å². The highest BCUT2D eigenvalue weighted by Gasteiger charge is 2.34. The smallest absolute Gasteiger partial charge is 0.255 e. The Labute approximate surface area is 174 Å². The molecule has 1 atom stereocenters. The fourth-order valence-electron chi connectivity index (χ4n) is 2.84. The number of hydrogen-bond acceptors (Lipinski definition) is 4. The number of amides is 2. The number of aryl methyl sites for hydroxylation is 1. The number of benzene rings is 2. The molecule has 0 saturated carbocycles. The summed E-state index contributed by atoms with van der Waals surface area (Å²) in [5.74, 6) is 1.66. The van der Waals surface area contributed by atoms with E-state index < -0.39 is 6.04 Å². The number of carbonyl (C=O) groups is 2. The van der Waals surface area contributed by atoms with Crippen LogP contribution in [0.3, 0.4) is 0 Å². The van der Waals surface area contributed by atoms with E-state index in [4.69, 9.17) is 16.3 Å². The highest BCUT2D eigenvalue weighted by molar-refractivity contribution is 7.99. The van der Waals surface area contributed by atoms with Crippen LogP contribution < -0.4 is 10.1 Å². The third kappa shape index (κ3) is 5.42. The summed E-state index contributed by atoms with van der Waals surface area (Å²) in [4.78, 5) is 26.9. The van der Waals surface area contributed by atoms with E-state index >= 15 is 0 Å². The number of rotatable bonds is 7. The molecular formula is C21H23ClN2O3S. The van der Waals surface area contributed by atoms with E-state index in [1.807, 2.05) is 31.2 Å². The van der Waals surface area contributed by atoms with Crippen LogP contribution in [0.5, 0.6) is 5.75 Å². The molecule has 0 spiro atoms. The SMILES string of the molecule is Cc1ccc(OCCCNC(=O)C2CSCN2C(=O)c2ccc(Cl)cc2)cc1. The van der Waals surface area contributed by atoms with Crippen molar-refractivity contribution in [3.63, 3.8) is 0 Å². The zero-order valence-corrected chi connectivity index (χ0v) is 17.3. The highest BCUT2D eigenvalue weighted by atomic mass is 35.5. The fourth-order valence-corrected chi connectivity index (χ4v) is 4.12. The van der Waals surface area contributed by atoms with Crippen molar-refractivity contribution in [1.82, 2.24) is 10.2 Å². The van der Waals surface area contributed by atoms with E-state index in [0.717, 1.165) is 5.75 Å². The maximum atomic E-state index is 12.7. The minimum atomic E-state index is -0.453. The summed E-state index contributed by atoms with van der Waals surface area (Å²) in [6.45, 7) is 3.06. The number of carbonyl (C=O) groups excluding carboxylic acids is 2. The molecular weight excluding hydrogens is 396 g/mol. The normalized spacial score (nSPS) is 16.1. The Morgan fingerprint density at radius 1 is 1.18 bits per heavy atom. The molecule has 0 aliphatic carbocycles. The van der Waals surface area contributed by atoms with Gasteiger partial charge in [-0.3, -0.25) is 9.59 Å². The van der Waals surface area contributed by atoms with Gasteiger partial charge in [-0.25, -0.2) is 0 Å². The molecule has 7 heteroatoms. The fraction of sp³-hybridized carbons (Fsp3) is 0.333. The second kappa shape index (κ2) is 9.85. The summed E-state index contributed by atoms with van der Waals surface area (Å²) in [5, 5.41) is 3.50. The van der Waals surface area contributed by atoms with Gasteiger partial charge in [-0.1, -0.05) is 29.3 Å². The number of ether oxygens (including phenoxy) is 1. The van der Waals surface area contributed by atoms with Crippen molar-refractivity contribution in [2.75, 3.05) is 24.8 Å². The Morgan fingerprint density at radius 2 is 1.89 bits per heavy atom. The van der Waals surface area contributed by atoms with E-state index in [1.54, 1.807) is 40.9 Å². The first-order valence-electron chi connectivity index (χ1n) is 9.16. The number of thioether (sulfide) groups is 1. The van der Waals surface area contributed by atoms with Crippen LogP contribution in [0.1, 0.15) is 22.3 Å². The average Bonchev–Trinajstić information content (AvgIpc) is 3.19. The lowest BCUT2D eigenvalue weighted by Crippen LogP contribution is -2.47. The summed E-state index contributed by atoms with van der Waals surface area (Å²) >= 11 is 7.46. The van der Waals surface area contributed by atoms with Gasteiger partial charge in [-0.15, -0.1) is 11.8 Å². The van der Waals surface area contributed by atoms with Crippen molar-refractivity contribution in [3.8, 4) is 5.75 Å². The van der Waals surface area contributed by atoms with E-state index in [-0.39, 0.29) is 11.8 Å². The summed E-state index contributed by atoms with van der Waals surface area (Å²) in [7, 11) is 0. The minimum absolute atomic E-state index is 0.123. The Bertz CT molecular complexity index is 811. The maximum Gasteiger partial charge on any atom is 0.255 e. The first-order valence-corrected chi connectivity index (χ1v) is 10.7. The van der Waals surface area contributed by atoms with Gasteiger partial charge in [-0.05, 0) is 49.7 Å². The van der Waals surface area contributed by atoms with Crippen LogP contribution in [0.4, 0.5) is 0 Å².